The second kappa shape index (κ2) is 10.1. The molecule has 2 fully saturated rings. The van der Waals surface area contributed by atoms with Crippen molar-refractivity contribution < 1.29 is 13.9 Å². The van der Waals surface area contributed by atoms with E-state index in [9.17, 15) is 9.18 Å². The van der Waals surface area contributed by atoms with Crippen LogP contribution >= 0.6 is 0 Å². The second-order valence-electron chi connectivity index (χ2n) is 9.84. The highest BCUT2D eigenvalue weighted by atomic mass is 19.1. The molecule has 5 nitrogen and oxygen atoms in total. The van der Waals surface area contributed by atoms with Gasteiger partial charge in [0, 0.05) is 19.6 Å². The number of urea groups is 1. The Morgan fingerprint density at radius 1 is 1.06 bits per heavy atom. The van der Waals surface area contributed by atoms with E-state index in [4.69, 9.17) is 4.74 Å². The topological polar surface area (TPSA) is 44.8 Å². The third-order valence-electron chi connectivity index (χ3n) is 7.03. The fourth-order valence-corrected chi connectivity index (χ4v) is 5.02. The van der Waals surface area contributed by atoms with E-state index in [1.807, 2.05) is 41.3 Å². The van der Waals surface area contributed by atoms with E-state index in [2.05, 4.69) is 31.0 Å². The maximum atomic E-state index is 13.5. The number of hydrogen-bond donors (Lipinski definition) is 1. The molecule has 0 aromatic heterocycles. The molecule has 1 unspecified atom stereocenters. The average molecular weight is 454 g/mol. The van der Waals surface area contributed by atoms with Crippen molar-refractivity contribution in [1.29, 1.82) is 0 Å². The van der Waals surface area contributed by atoms with Crippen LogP contribution in [0.25, 0.3) is 0 Å². The molecule has 1 N–H and O–H groups in total. The summed E-state index contributed by atoms with van der Waals surface area (Å²) in [4.78, 5) is 17.6. The van der Waals surface area contributed by atoms with Gasteiger partial charge in [-0.2, -0.15) is 0 Å². The van der Waals surface area contributed by atoms with Crippen molar-refractivity contribution in [3.63, 3.8) is 0 Å². The lowest BCUT2D eigenvalue weighted by Gasteiger charge is -2.43. The van der Waals surface area contributed by atoms with Gasteiger partial charge in [-0.1, -0.05) is 45.0 Å². The molecule has 0 aliphatic carbocycles. The van der Waals surface area contributed by atoms with Gasteiger partial charge in [0.15, 0.2) is 0 Å². The number of ether oxygens (including phenoxy) is 1. The molecule has 2 amide bonds. The van der Waals surface area contributed by atoms with Gasteiger partial charge in [0.2, 0.25) is 0 Å². The van der Waals surface area contributed by atoms with E-state index in [-0.39, 0.29) is 23.4 Å². The minimum atomic E-state index is -0.253. The van der Waals surface area contributed by atoms with Crippen LogP contribution in [-0.2, 0) is 13.0 Å². The first-order valence-electron chi connectivity index (χ1n) is 12.2. The lowest BCUT2D eigenvalue weighted by molar-refractivity contribution is 0.112. The predicted octanol–water partition coefficient (Wildman–Crippen LogP) is 4.85. The van der Waals surface area contributed by atoms with Crippen LogP contribution in [0.4, 0.5) is 9.18 Å². The van der Waals surface area contributed by atoms with Crippen LogP contribution in [0.2, 0.25) is 0 Å². The molecule has 0 saturated carbocycles. The van der Waals surface area contributed by atoms with Gasteiger partial charge in [-0.3, -0.25) is 0 Å². The molecule has 2 aromatic carbocycles. The molecule has 33 heavy (non-hydrogen) atoms. The number of piperidine rings is 1. The highest BCUT2D eigenvalue weighted by molar-refractivity contribution is 5.79. The van der Waals surface area contributed by atoms with E-state index in [1.165, 1.54) is 12.1 Å². The largest absolute Gasteiger partial charge is 0.493 e. The van der Waals surface area contributed by atoms with E-state index < -0.39 is 0 Å². The van der Waals surface area contributed by atoms with Gasteiger partial charge >= 0.3 is 6.03 Å². The standard InChI is InChI=1S/C27H36FN3O2/c1-4-30-15-13-27(14-16-30)25(17-21-5-9-23(28)10-6-21)31(26(32)29-27)18-22-7-11-24(12-8-22)33-19-20(2)3/h5-12,20,25H,4,13-19H2,1-3H3,(H,29,32). The van der Waals surface area contributed by atoms with Crippen LogP contribution in [0.5, 0.6) is 5.75 Å². The summed E-state index contributed by atoms with van der Waals surface area (Å²) in [6.07, 6.45) is 2.56. The lowest BCUT2D eigenvalue weighted by Crippen LogP contribution is -2.57. The zero-order valence-corrected chi connectivity index (χ0v) is 20.0. The molecule has 1 atom stereocenters. The third kappa shape index (κ3) is 5.49. The number of carbonyl (C=O) groups is 1. The Morgan fingerprint density at radius 3 is 2.30 bits per heavy atom. The van der Waals surface area contributed by atoms with Crippen LogP contribution in [0.15, 0.2) is 48.5 Å². The van der Waals surface area contributed by atoms with Crippen molar-refractivity contribution in [1.82, 2.24) is 15.1 Å². The number of halogens is 1. The van der Waals surface area contributed by atoms with Gasteiger partial charge in [0.1, 0.15) is 11.6 Å². The maximum absolute atomic E-state index is 13.5. The third-order valence-corrected chi connectivity index (χ3v) is 7.03. The molecular formula is C27H36FN3O2. The van der Waals surface area contributed by atoms with E-state index >= 15 is 0 Å². The average Bonchev–Trinajstić information content (AvgIpc) is 3.05. The van der Waals surface area contributed by atoms with Crippen LogP contribution in [0.1, 0.15) is 44.7 Å². The molecule has 6 heteroatoms. The number of hydrogen-bond acceptors (Lipinski definition) is 3. The van der Waals surface area contributed by atoms with Crippen LogP contribution in [0, 0.1) is 11.7 Å². The van der Waals surface area contributed by atoms with Gasteiger partial charge in [-0.15, -0.1) is 0 Å². The molecule has 0 bridgehead atoms. The summed E-state index contributed by atoms with van der Waals surface area (Å²) in [7, 11) is 0. The fourth-order valence-electron chi connectivity index (χ4n) is 5.02. The molecule has 2 saturated heterocycles. The van der Waals surface area contributed by atoms with Crippen LogP contribution < -0.4 is 10.1 Å². The number of benzene rings is 2. The zero-order valence-electron chi connectivity index (χ0n) is 20.0. The van der Waals surface area contributed by atoms with Crippen molar-refractivity contribution in [2.75, 3.05) is 26.2 Å². The Bertz CT molecular complexity index is 921. The molecular weight excluding hydrogens is 417 g/mol. The Labute approximate surface area is 196 Å². The molecule has 2 aliphatic heterocycles. The smallest absolute Gasteiger partial charge is 0.318 e. The SMILES string of the molecule is CCN1CCC2(CC1)NC(=O)N(Cc1ccc(OCC(C)C)cc1)C2Cc1ccc(F)cc1. The number of rotatable bonds is 8. The Morgan fingerprint density at radius 2 is 1.70 bits per heavy atom. The summed E-state index contributed by atoms with van der Waals surface area (Å²) >= 11 is 0. The number of amides is 2. The number of nitrogens with one attached hydrogen (secondary N) is 1. The van der Waals surface area contributed by atoms with Gasteiger partial charge in [0.25, 0.3) is 0 Å². The first-order chi connectivity index (χ1) is 15.9. The lowest BCUT2D eigenvalue weighted by atomic mass is 9.78. The highest BCUT2D eigenvalue weighted by Crippen LogP contribution is 2.36. The van der Waals surface area contributed by atoms with Crippen molar-refractivity contribution in [3.05, 3.63) is 65.5 Å². The Kier molecular flexibility index (Phi) is 7.23. The van der Waals surface area contributed by atoms with Crippen LogP contribution in [0.3, 0.4) is 0 Å². The first kappa shape index (κ1) is 23.6. The van der Waals surface area contributed by atoms with Gasteiger partial charge in [-0.05, 0) is 67.1 Å². The van der Waals surface area contributed by atoms with E-state index in [1.54, 1.807) is 0 Å². The molecule has 4 rings (SSSR count). The molecule has 2 heterocycles. The summed E-state index contributed by atoms with van der Waals surface area (Å²) in [5, 5.41) is 3.37. The van der Waals surface area contributed by atoms with Crippen molar-refractivity contribution in [3.8, 4) is 5.75 Å². The van der Waals surface area contributed by atoms with Gasteiger partial charge in [0.05, 0.1) is 18.2 Å². The molecule has 1 spiro atoms. The minimum absolute atomic E-state index is 0.00723. The normalized spacial score (nSPS) is 20.5. The Balaban J connectivity index is 1.54. The van der Waals surface area contributed by atoms with Gasteiger partial charge < -0.3 is 19.9 Å². The van der Waals surface area contributed by atoms with E-state index in [0.717, 1.165) is 49.4 Å². The minimum Gasteiger partial charge on any atom is -0.493 e. The summed E-state index contributed by atoms with van der Waals surface area (Å²) in [5.41, 5.74) is 1.88. The van der Waals surface area contributed by atoms with Gasteiger partial charge in [-0.25, -0.2) is 9.18 Å². The summed E-state index contributed by atoms with van der Waals surface area (Å²) < 4.78 is 19.3. The van der Waals surface area contributed by atoms with Crippen LogP contribution in [-0.4, -0.2) is 53.7 Å². The molecule has 2 aliphatic rings. The van der Waals surface area contributed by atoms with Crippen molar-refractivity contribution >= 4 is 6.03 Å². The molecule has 2 aromatic rings. The molecule has 0 radical (unpaired) electrons. The monoisotopic (exact) mass is 453 g/mol. The Hall–Kier alpha value is -2.60. The summed E-state index contributed by atoms with van der Waals surface area (Å²) in [6.45, 7) is 10.7. The van der Waals surface area contributed by atoms with Crippen molar-refractivity contribution in [2.45, 2.75) is 58.2 Å². The number of nitrogens with zero attached hydrogens (tertiary/aromatic N) is 2. The fraction of sp³-hybridized carbons (Fsp3) is 0.519. The van der Waals surface area contributed by atoms with Crippen molar-refractivity contribution in [2.24, 2.45) is 5.92 Å². The summed E-state index contributed by atoms with van der Waals surface area (Å²) in [6, 6.07) is 14.8. The number of likely N-dealkylation sites (tertiary alicyclic amines) is 1. The number of carbonyl (C=O) groups excluding carboxylic acids is 1. The first-order valence-corrected chi connectivity index (χ1v) is 12.2. The second-order valence-corrected chi connectivity index (χ2v) is 9.84. The molecule has 178 valence electrons. The predicted molar refractivity (Wildman–Crippen MR) is 129 cm³/mol. The zero-order chi connectivity index (χ0) is 23.4. The summed E-state index contributed by atoms with van der Waals surface area (Å²) in [5.74, 6) is 1.09. The quantitative estimate of drug-likeness (QED) is 0.621. The highest BCUT2D eigenvalue weighted by Gasteiger charge is 2.51. The van der Waals surface area contributed by atoms with E-state index in [0.29, 0.717) is 25.5 Å². The maximum Gasteiger partial charge on any atom is 0.318 e.